The smallest absolute Gasteiger partial charge is 0.321 e. The van der Waals surface area contributed by atoms with Gasteiger partial charge in [-0.1, -0.05) is 44.2 Å². The maximum atomic E-state index is 13.7. The molecular weight excluding hydrogens is 468 g/mol. The van der Waals surface area contributed by atoms with Gasteiger partial charge in [0, 0.05) is 25.3 Å². The number of aromatic nitrogens is 1. The summed E-state index contributed by atoms with van der Waals surface area (Å²) in [5.41, 5.74) is 4.75. The molecule has 6 N–H and O–H groups in total. The summed E-state index contributed by atoms with van der Waals surface area (Å²) in [6.45, 7) is 4.21. The zero-order valence-corrected chi connectivity index (χ0v) is 20.2. The Morgan fingerprint density at radius 3 is 2.44 bits per heavy atom. The molecule has 36 heavy (non-hydrogen) atoms. The fraction of sp³-hybridized carbons (Fsp3) is 0.269. The molecule has 0 saturated carbocycles. The Morgan fingerprint density at radius 1 is 1.17 bits per heavy atom. The Kier molecular flexibility index (Phi) is 8.68. The highest BCUT2D eigenvalue weighted by Crippen LogP contribution is 2.30. The van der Waals surface area contributed by atoms with Crippen LogP contribution in [0.25, 0.3) is 0 Å². The maximum absolute atomic E-state index is 13.7. The van der Waals surface area contributed by atoms with Gasteiger partial charge in [-0.05, 0) is 29.7 Å². The summed E-state index contributed by atoms with van der Waals surface area (Å²) >= 11 is 0. The molecule has 0 spiro atoms. The highest BCUT2D eigenvalue weighted by molar-refractivity contribution is 5.84. The molecule has 0 bridgehead atoms. The summed E-state index contributed by atoms with van der Waals surface area (Å²) < 4.78 is 33.7. The summed E-state index contributed by atoms with van der Waals surface area (Å²) in [5.74, 6) is -4.39. The number of nitrogens with zero attached hydrogens (tertiary/aromatic N) is 1. The molecule has 1 heterocycles. The number of quaternary nitrogens is 1. The van der Waals surface area contributed by atoms with Crippen LogP contribution in [0.15, 0.2) is 66.9 Å². The number of benzene rings is 2. The molecule has 2 atom stereocenters. The minimum Gasteiger partial charge on any atom is -0.484 e. The van der Waals surface area contributed by atoms with Crippen LogP contribution in [0.1, 0.15) is 38.0 Å². The number of anilines is 1. The SMILES string of the molecule is CC(C)C(NC(=O)C(C)(F)F)C(Oc1ccc([NH2+]c2ccc(NO)nc2)c(C=N)c1)c1ccccc1. The van der Waals surface area contributed by atoms with E-state index < -0.39 is 24.0 Å². The van der Waals surface area contributed by atoms with E-state index in [0.717, 1.165) is 11.4 Å². The van der Waals surface area contributed by atoms with E-state index in [1.807, 2.05) is 55.0 Å². The fourth-order valence-electron chi connectivity index (χ4n) is 3.63. The summed E-state index contributed by atoms with van der Waals surface area (Å²) in [5, 5.41) is 21.1. The third kappa shape index (κ3) is 6.83. The van der Waals surface area contributed by atoms with Crippen molar-refractivity contribution < 1.29 is 28.8 Å². The monoisotopic (exact) mass is 498 g/mol. The molecule has 8 nitrogen and oxygen atoms in total. The van der Waals surface area contributed by atoms with Crippen LogP contribution in [0.3, 0.4) is 0 Å². The molecule has 0 saturated heterocycles. The van der Waals surface area contributed by atoms with Gasteiger partial charge < -0.3 is 15.5 Å². The van der Waals surface area contributed by atoms with Crippen molar-refractivity contribution >= 4 is 29.3 Å². The number of amides is 1. The topological polar surface area (TPSA) is 124 Å². The van der Waals surface area contributed by atoms with Crippen molar-refractivity contribution in [3.63, 3.8) is 0 Å². The third-order valence-electron chi connectivity index (χ3n) is 5.57. The lowest BCUT2D eigenvalue weighted by Gasteiger charge is -2.32. The quantitative estimate of drug-likeness (QED) is 0.153. The van der Waals surface area contributed by atoms with E-state index in [1.165, 1.54) is 6.21 Å². The number of hydrogen-bond acceptors (Lipinski definition) is 6. The molecule has 0 aliphatic carbocycles. The number of ether oxygens (including phenoxy) is 1. The summed E-state index contributed by atoms with van der Waals surface area (Å²) in [4.78, 5) is 16.2. The second kappa shape index (κ2) is 11.7. The van der Waals surface area contributed by atoms with Crippen LogP contribution in [0.2, 0.25) is 0 Å². The second-order valence-corrected chi connectivity index (χ2v) is 8.75. The molecule has 0 radical (unpaired) electrons. The number of halogens is 2. The Morgan fingerprint density at radius 2 is 1.89 bits per heavy atom. The van der Waals surface area contributed by atoms with Crippen LogP contribution in [0.5, 0.6) is 5.75 Å². The van der Waals surface area contributed by atoms with Crippen molar-refractivity contribution in [1.29, 1.82) is 5.41 Å². The zero-order valence-electron chi connectivity index (χ0n) is 20.2. The van der Waals surface area contributed by atoms with Gasteiger partial charge in [0.25, 0.3) is 5.91 Å². The van der Waals surface area contributed by atoms with Gasteiger partial charge >= 0.3 is 5.92 Å². The molecule has 1 aromatic heterocycles. The molecule has 190 valence electrons. The van der Waals surface area contributed by atoms with Crippen molar-refractivity contribution in [1.82, 2.24) is 10.3 Å². The lowest BCUT2D eigenvalue weighted by atomic mass is 9.92. The van der Waals surface area contributed by atoms with Crippen LogP contribution in [0.4, 0.5) is 26.0 Å². The lowest BCUT2D eigenvalue weighted by molar-refractivity contribution is -0.479. The van der Waals surface area contributed by atoms with Gasteiger partial charge in [-0.2, -0.15) is 8.78 Å². The van der Waals surface area contributed by atoms with E-state index in [0.29, 0.717) is 29.6 Å². The number of rotatable bonds is 11. The molecule has 2 unspecified atom stereocenters. The minimum absolute atomic E-state index is 0.222. The summed E-state index contributed by atoms with van der Waals surface area (Å²) in [6, 6.07) is 16.9. The first-order chi connectivity index (χ1) is 17.1. The zero-order chi connectivity index (χ0) is 26.3. The highest BCUT2D eigenvalue weighted by atomic mass is 19.3. The van der Waals surface area contributed by atoms with Gasteiger partial charge in [0.15, 0.2) is 5.69 Å². The summed E-state index contributed by atoms with van der Waals surface area (Å²) in [7, 11) is 0. The fourth-order valence-corrected chi connectivity index (χ4v) is 3.63. The van der Waals surface area contributed by atoms with E-state index in [2.05, 4.69) is 10.3 Å². The average Bonchev–Trinajstić information content (AvgIpc) is 2.87. The molecule has 0 aliphatic rings. The van der Waals surface area contributed by atoms with Crippen LogP contribution in [-0.2, 0) is 4.79 Å². The number of carbonyl (C=O) groups is 1. The number of pyridine rings is 1. The van der Waals surface area contributed by atoms with Crippen LogP contribution >= 0.6 is 0 Å². The van der Waals surface area contributed by atoms with Crippen LogP contribution < -0.4 is 20.9 Å². The van der Waals surface area contributed by atoms with Crippen molar-refractivity contribution in [3.8, 4) is 5.75 Å². The molecule has 0 aliphatic heterocycles. The first-order valence-electron chi connectivity index (χ1n) is 11.4. The number of nitrogens with one attached hydrogen (secondary N) is 3. The minimum atomic E-state index is -3.53. The highest BCUT2D eigenvalue weighted by Gasteiger charge is 2.37. The van der Waals surface area contributed by atoms with Crippen molar-refractivity contribution in [2.24, 2.45) is 5.92 Å². The van der Waals surface area contributed by atoms with Crippen molar-refractivity contribution in [3.05, 3.63) is 78.0 Å². The van der Waals surface area contributed by atoms with E-state index in [9.17, 15) is 13.6 Å². The molecule has 3 rings (SSSR count). The van der Waals surface area contributed by atoms with Gasteiger partial charge in [-0.3, -0.25) is 20.8 Å². The predicted molar refractivity (Wildman–Crippen MR) is 132 cm³/mol. The molecule has 3 aromatic rings. The van der Waals surface area contributed by atoms with Gasteiger partial charge in [-0.25, -0.2) is 4.98 Å². The molecule has 0 fully saturated rings. The van der Waals surface area contributed by atoms with Crippen LogP contribution in [0, 0.1) is 11.3 Å². The van der Waals surface area contributed by atoms with Gasteiger partial charge in [0.05, 0.1) is 17.8 Å². The molecule has 1 amide bonds. The van der Waals surface area contributed by atoms with Crippen molar-refractivity contribution in [2.75, 3.05) is 5.48 Å². The van der Waals surface area contributed by atoms with E-state index in [1.54, 1.807) is 36.5 Å². The first kappa shape index (κ1) is 26.7. The Bertz CT molecular complexity index is 1170. The second-order valence-electron chi connectivity index (χ2n) is 8.75. The Balaban J connectivity index is 1.91. The molecular formula is C26H30F2N5O3+. The number of hydrogen-bond donors (Lipinski definition) is 5. The number of alkyl halides is 2. The molecule has 10 heteroatoms. The van der Waals surface area contributed by atoms with E-state index >= 15 is 0 Å². The third-order valence-corrected chi connectivity index (χ3v) is 5.57. The Labute approximate surface area is 208 Å². The standard InChI is InChI=1S/C26H29F2N5O3/c1-16(2)23(32-25(34)26(3,27)28)24(17-7-5-4-6-8-17)36-20-10-11-21(18(13-20)14-29)31-19-9-12-22(33-35)30-15-19/h4-16,23-24,29,31,35H,1-3H3,(H,30,33)(H,32,34)/p+1. The van der Waals surface area contributed by atoms with E-state index in [-0.39, 0.29) is 5.92 Å². The normalized spacial score (nSPS) is 13.1. The van der Waals surface area contributed by atoms with Gasteiger partial charge in [0.2, 0.25) is 0 Å². The van der Waals surface area contributed by atoms with E-state index in [4.69, 9.17) is 15.4 Å². The maximum Gasteiger partial charge on any atom is 0.321 e. The Hall–Kier alpha value is -3.89. The first-order valence-corrected chi connectivity index (χ1v) is 11.4. The van der Waals surface area contributed by atoms with Gasteiger partial charge in [0.1, 0.15) is 23.4 Å². The predicted octanol–water partition coefficient (Wildman–Crippen LogP) is 4.32. The number of nitrogens with two attached hydrogens (primary N) is 1. The summed E-state index contributed by atoms with van der Waals surface area (Å²) in [6.07, 6.45) is 2.00. The number of carbonyl (C=O) groups excluding carboxylic acids is 1. The molecule has 2 aromatic carbocycles. The largest absolute Gasteiger partial charge is 0.484 e. The van der Waals surface area contributed by atoms with Gasteiger partial charge in [-0.15, -0.1) is 0 Å². The van der Waals surface area contributed by atoms with Crippen LogP contribution in [-0.4, -0.2) is 34.3 Å². The van der Waals surface area contributed by atoms with Crippen molar-refractivity contribution in [2.45, 2.75) is 38.8 Å². The lowest BCUT2D eigenvalue weighted by Crippen LogP contribution is -2.71. The average molecular weight is 499 g/mol.